The van der Waals surface area contributed by atoms with Crippen molar-refractivity contribution in [2.45, 2.75) is 20.0 Å². The average Bonchev–Trinajstić information content (AvgIpc) is 3.04. The summed E-state index contributed by atoms with van der Waals surface area (Å²) in [5.41, 5.74) is 0. The van der Waals surface area contributed by atoms with Crippen LogP contribution in [-0.4, -0.2) is 27.3 Å². The third-order valence-corrected chi connectivity index (χ3v) is 3.41. The number of guanidine groups is 1. The zero-order valence-electron chi connectivity index (χ0n) is 11.1. The highest BCUT2D eigenvalue weighted by Gasteiger charge is 2.02. The normalized spacial score (nSPS) is 11.6. The largest absolute Gasteiger partial charge is 0.357 e. The molecule has 0 saturated heterocycles. The Morgan fingerprint density at radius 3 is 3.00 bits per heavy atom. The topological polar surface area (TPSA) is 67.1 Å². The molecule has 0 aliphatic rings. The molecule has 19 heavy (non-hydrogen) atoms. The number of aliphatic imine (C=N–C) groups is 1. The van der Waals surface area contributed by atoms with Crippen molar-refractivity contribution in [1.29, 1.82) is 0 Å². The Balaban J connectivity index is 1.93. The highest BCUT2D eigenvalue weighted by atomic mass is 32.1. The minimum atomic E-state index is 0.510. The minimum absolute atomic E-state index is 0.510. The summed E-state index contributed by atoms with van der Waals surface area (Å²) >= 11 is 1.73. The Morgan fingerprint density at radius 2 is 2.37 bits per heavy atom. The second kappa shape index (κ2) is 6.89. The van der Waals surface area contributed by atoms with Crippen LogP contribution >= 0.6 is 11.3 Å². The molecule has 2 N–H and O–H groups in total. The highest BCUT2D eigenvalue weighted by molar-refractivity contribution is 7.09. The number of thiophene rings is 1. The first-order chi connectivity index (χ1) is 9.29. The number of aryl methyl sites for hydroxylation is 1. The fourth-order valence-electron chi connectivity index (χ4n) is 1.53. The number of rotatable bonds is 5. The van der Waals surface area contributed by atoms with Crippen LogP contribution < -0.4 is 10.6 Å². The zero-order valence-corrected chi connectivity index (χ0v) is 11.9. The number of nitrogens with zero attached hydrogens (tertiary/aromatic N) is 4. The van der Waals surface area contributed by atoms with E-state index < -0.39 is 0 Å². The minimum Gasteiger partial charge on any atom is -0.357 e. The summed E-state index contributed by atoms with van der Waals surface area (Å²) in [6.45, 7) is 4.17. The van der Waals surface area contributed by atoms with Gasteiger partial charge in [0.05, 0.1) is 6.54 Å². The number of hydrogen-bond donors (Lipinski definition) is 2. The molecule has 0 aliphatic heterocycles. The molecule has 0 radical (unpaired) electrons. The van der Waals surface area contributed by atoms with Crippen LogP contribution in [0.2, 0.25) is 0 Å². The van der Waals surface area contributed by atoms with E-state index in [9.17, 15) is 0 Å². The molecule has 2 aromatic heterocycles. The van der Waals surface area contributed by atoms with E-state index in [1.807, 2.05) is 24.6 Å². The van der Waals surface area contributed by atoms with Crippen molar-refractivity contribution in [3.8, 4) is 0 Å². The fraction of sp³-hybridized carbons (Fsp3) is 0.417. The van der Waals surface area contributed by atoms with Gasteiger partial charge in [0.25, 0.3) is 0 Å². The summed E-state index contributed by atoms with van der Waals surface area (Å²) in [7, 11) is 1.91. The van der Waals surface area contributed by atoms with Crippen LogP contribution in [0.3, 0.4) is 0 Å². The van der Waals surface area contributed by atoms with Crippen LogP contribution in [0.25, 0.3) is 0 Å². The number of nitrogens with one attached hydrogen (secondary N) is 2. The molecule has 0 spiro atoms. The lowest BCUT2D eigenvalue weighted by molar-refractivity contribution is 0.769. The summed E-state index contributed by atoms with van der Waals surface area (Å²) in [5, 5.41) is 16.4. The van der Waals surface area contributed by atoms with Gasteiger partial charge >= 0.3 is 0 Å². The fourth-order valence-corrected chi connectivity index (χ4v) is 2.17. The first-order valence-corrected chi connectivity index (χ1v) is 7.05. The second-order valence-electron chi connectivity index (χ2n) is 3.99. The SMILES string of the molecule is CCNC(=NCc1nncn1C)NCc1cccs1. The second-order valence-corrected chi connectivity index (χ2v) is 5.02. The Labute approximate surface area is 116 Å². The van der Waals surface area contributed by atoms with E-state index in [-0.39, 0.29) is 0 Å². The third kappa shape index (κ3) is 4.06. The summed E-state index contributed by atoms with van der Waals surface area (Å²) in [5.74, 6) is 1.63. The highest BCUT2D eigenvalue weighted by Crippen LogP contribution is 2.07. The van der Waals surface area contributed by atoms with Crippen molar-refractivity contribution in [2.75, 3.05) is 6.54 Å². The molecule has 6 nitrogen and oxygen atoms in total. The molecule has 0 atom stereocenters. The Hall–Kier alpha value is -1.89. The van der Waals surface area contributed by atoms with Crippen LogP contribution in [-0.2, 0) is 20.1 Å². The Bertz CT molecular complexity index is 516. The quantitative estimate of drug-likeness (QED) is 0.635. The molecule has 0 aliphatic carbocycles. The average molecular weight is 278 g/mol. The van der Waals surface area contributed by atoms with Crippen molar-refractivity contribution >= 4 is 17.3 Å². The van der Waals surface area contributed by atoms with E-state index in [1.54, 1.807) is 17.7 Å². The summed E-state index contributed by atoms with van der Waals surface area (Å²) in [4.78, 5) is 5.77. The molecule has 7 heteroatoms. The lowest BCUT2D eigenvalue weighted by atomic mass is 10.4. The zero-order chi connectivity index (χ0) is 13.5. The van der Waals surface area contributed by atoms with Gasteiger partial charge in [-0.2, -0.15) is 0 Å². The maximum absolute atomic E-state index is 4.49. The summed E-state index contributed by atoms with van der Waals surface area (Å²) < 4.78 is 1.87. The smallest absolute Gasteiger partial charge is 0.191 e. The van der Waals surface area contributed by atoms with Gasteiger partial charge in [-0.25, -0.2) is 4.99 Å². The third-order valence-electron chi connectivity index (χ3n) is 2.54. The van der Waals surface area contributed by atoms with Crippen LogP contribution in [0.1, 0.15) is 17.6 Å². The van der Waals surface area contributed by atoms with Gasteiger partial charge in [-0.15, -0.1) is 21.5 Å². The maximum atomic E-state index is 4.49. The Kier molecular flexibility index (Phi) is 4.91. The molecular weight excluding hydrogens is 260 g/mol. The van der Waals surface area contributed by atoms with Gasteiger partial charge in [0.1, 0.15) is 12.9 Å². The van der Waals surface area contributed by atoms with Crippen molar-refractivity contribution < 1.29 is 0 Å². The predicted molar refractivity (Wildman–Crippen MR) is 77.0 cm³/mol. The summed E-state index contributed by atoms with van der Waals surface area (Å²) in [6, 6.07) is 4.15. The monoisotopic (exact) mass is 278 g/mol. The first-order valence-electron chi connectivity index (χ1n) is 6.17. The van der Waals surface area contributed by atoms with Gasteiger partial charge in [0, 0.05) is 18.5 Å². The van der Waals surface area contributed by atoms with E-state index in [2.05, 4.69) is 37.3 Å². The van der Waals surface area contributed by atoms with Gasteiger partial charge in [-0.1, -0.05) is 6.07 Å². The van der Waals surface area contributed by atoms with Crippen molar-refractivity contribution in [3.05, 3.63) is 34.5 Å². The number of hydrogen-bond acceptors (Lipinski definition) is 4. The first kappa shape index (κ1) is 13.5. The van der Waals surface area contributed by atoms with Crippen molar-refractivity contribution in [1.82, 2.24) is 25.4 Å². The van der Waals surface area contributed by atoms with E-state index in [0.717, 1.165) is 24.9 Å². The van der Waals surface area contributed by atoms with Gasteiger partial charge in [0.2, 0.25) is 0 Å². The molecule has 0 saturated carbocycles. The molecule has 2 rings (SSSR count). The predicted octanol–water partition coefficient (Wildman–Crippen LogP) is 1.13. The van der Waals surface area contributed by atoms with Crippen LogP contribution in [0.15, 0.2) is 28.8 Å². The number of aromatic nitrogens is 3. The van der Waals surface area contributed by atoms with Crippen LogP contribution in [0, 0.1) is 0 Å². The van der Waals surface area contributed by atoms with E-state index >= 15 is 0 Å². The van der Waals surface area contributed by atoms with Gasteiger partial charge < -0.3 is 15.2 Å². The Morgan fingerprint density at radius 1 is 1.47 bits per heavy atom. The summed E-state index contributed by atoms with van der Waals surface area (Å²) in [6.07, 6.45) is 1.68. The molecule has 0 fully saturated rings. The molecule has 2 aromatic rings. The molecular formula is C12H18N6S. The van der Waals surface area contributed by atoms with Crippen LogP contribution in [0.5, 0.6) is 0 Å². The van der Waals surface area contributed by atoms with Crippen LogP contribution in [0.4, 0.5) is 0 Å². The van der Waals surface area contributed by atoms with E-state index in [0.29, 0.717) is 6.54 Å². The van der Waals surface area contributed by atoms with Gasteiger partial charge in [-0.05, 0) is 18.4 Å². The molecule has 0 bridgehead atoms. The van der Waals surface area contributed by atoms with Crippen molar-refractivity contribution in [2.24, 2.45) is 12.0 Å². The molecule has 0 unspecified atom stereocenters. The van der Waals surface area contributed by atoms with E-state index in [4.69, 9.17) is 0 Å². The standard InChI is InChI=1S/C12H18N6S/c1-3-13-12(14-7-10-5-4-6-19-10)15-8-11-17-16-9-18(11)2/h4-6,9H,3,7-8H2,1-2H3,(H2,13,14,15). The van der Waals surface area contributed by atoms with Crippen molar-refractivity contribution in [3.63, 3.8) is 0 Å². The van der Waals surface area contributed by atoms with Gasteiger partial charge in [0.15, 0.2) is 11.8 Å². The molecule has 0 amide bonds. The lowest BCUT2D eigenvalue weighted by Crippen LogP contribution is -2.36. The molecule has 2 heterocycles. The molecule has 102 valence electrons. The molecule has 0 aromatic carbocycles. The lowest BCUT2D eigenvalue weighted by Gasteiger charge is -2.10. The maximum Gasteiger partial charge on any atom is 0.191 e. The van der Waals surface area contributed by atoms with Gasteiger partial charge in [-0.3, -0.25) is 0 Å². The van der Waals surface area contributed by atoms with E-state index in [1.165, 1.54) is 4.88 Å².